The predicted octanol–water partition coefficient (Wildman–Crippen LogP) is 3.65. The summed E-state index contributed by atoms with van der Waals surface area (Å²) in [5.74, 6) is 2.42. The second kappa shape index (κ2) is 5.90. The molecule has 0 saturated carbocycles. The molecule has 1 aromatic heterocycles. The molecule has 0 aliphatic heterocycles. The van der Waals surface area contributed by atoms with Gasteiger partial charge in [-0.1, -0.05) is 26.0 Å². The molecule has 0 amide bonds. The Labute approximate surface area is 120 Å². The van der Waals surface area contributed by atoms with E-state index < -0.39 is 0 Å². The highest BCUT2D eigenvalue weighted by Crippen LogP contribution is 2.26. The van der Waals surface area contributed by atoms with E-state index in [4.69, 9.17) is 5.73 Å². The topological polar surface area (TPSA) is 55.0 Å². The molecule has 2 N–H and O–H groups in total. The lowest BCUT2D eigenvalue weighted by Gasteiger charge is -2.23. The molecule has 1 aromatic carbocycles. The fourth-order valence-corrected chi connectivity index (χ4v) is 2.14. The number of hydrogen-bond acceptors (Lipinski definition) is 4. The van der Waals surface area contributed by atoms with Crippen molar-refractivity contribution in [1.82, 2.24) is 9.97 Å². The van der Waals surface area contributed by atoms with Crippen molar-refractivity contribution >= 4 is 17.3 Å². The Morgan fingerprint density at radius 1 is 1.20 bits per heavy atom. The number of hydrogen-bond donors (Lipinski definition) is 1. The van der Waals surface area contributed by atoms with Gasteiger partial charge >= 0.3 is 0 Å². The van der Waals surface area contributed by atoms with E-state index in [1.54, 1.807) is 0 Å². The summed E-state index contributed by atoms with van der Waals surface area (Å²) in [7, 11) is 0. The van der Waals surface area contributed by atoms with E-state index in [0.717, 1.165) is 23.9 Å². The van der Waals surface area contributed by atoms with Crippen LogP contribution in [0.5, 0.6) is 0 Å². The van der Waals surface area contributed by atoms with Crippen LogP contribution in [0.3, 0.4) is 0 Å². The summed E-state index contributed by atoms with van der Waals surface area (Å²) in [6.07, 6.45) is 0. The Bertz CT molecular complexity index is 593. The molecular weight excluding hydrogens is 248 g/mol. The molecule has 1 heterocycles. The third kappa shape index (κ3) is 3.07. The fraction of sp³-hybridized carbons (Fsp3) is 0.375. The van der Waals surface area contributed by atoms with Crippen molar-refractivity contribution in [3.05, 3.63) is 41.7 Å². The summed E-state index contributed by atoms with van der Waals surface area (Å²) in [6, 6.07) is 10.2. The van der Waals surface area contributed by atoms with Crippen molar-refractivity contribution in [2.45, 2.75) is 33.6 Å². The molecule has 0 radical (unpaired) electrons. The van der Waals surface area contributed by atoms with Crippen LogP contribution in [0.4, 0.5) is 17.3 Å². The van der Waals surface area contributed by atoms with Gasteiger partial charge in [0, 0.05) is 24.2 Å². The van der Waals surface area contributed by atoms with E-state index in [2.05, 4.69) is 66.8 Å². The van der Waals surface area contributed by atoms with Crippen LogP contribution in [0.25, 0.3) is 0 Å². The van der Waals surface area contributed by atoms with Crippen LogP contribution < -0.4 is 10.6 Å². The van der Waals surface area contributed by atoms with Crippen molar-refractivity contribution in [2.24, 2.45) is 0 Å². The number of aryl methyl sites for hydroxylation is 1. The predicted molar refractivity (Wildman–Crippen MR) is 84.4 cm³/mol. The first-order chi connectivity index (χ1) is 9.51. The molecule has 0 unspecified atom stereocenters. The van der Waals surface area contributed by atoms with Crippen LogP contribution >= 0.6 is 0 Å². The molecule has 0 spiro atoms. The van der Waals surface area contributed by atoms with Crippen LogP contribution in [-0.4, -0.2) is 16.5 Å². The molecule has 4 heteroatoms. The monoisotopic (exact) mass is 270 g/mol. The molecule has 106 valence electrons. The van der Waals surface area contributed by atoms with Gasteiger partial charge in [0.1, 0.15) is 17.5 Å². The minimum Gasteiger partial charge on any atom is -0.384 e. The van der Waals surface area contributed by atoms with Gasteiger partial charge in [0.05, 0.1) is 0 Å². The normalized spacial score (nSPS) is 10.8. The first kappa shape index (κ1) is 14.3. The summed E-state index contributed by atoms with van der Waals surface area (Å²) >= 11 is 0. The summed E-state index contributed by atoms with van der Waals surface area (Å²) in [5.41, 5.74) is 8.27. The Balaban J connectivity index is 2.46. The van der Waals surface area contributed by atoms with Gasteiger partial charge in [0.25, 0.3) is 0 Å². The summed E-state index contributed by atoms with van der Waals surface area (Å²) < 4.78 is 0. The SMILES string of the molecule is CCN(c1cccc(C)c1)c1cc(N)nc(C(C)C)n1. The fourth-order valence-electron chi connectivity index (χ4n) is 2.14. The van der Waals surface area contributed by atoms with E-state index in [-0.39, 0.29) is 5.92 Å². The highest BCUT2D eigenvalue weighted by Gasteiger charge is 2.13. The van der Waals surface area contributed by atoms with Gasteiger partial charge in [-0.3, -0.25) is 0 Å². The molecule has 0 atom stereocenters. The van der Waals surface area contributed by atoms with Crippen molar-refractivity contribution in [3.8, 4) is 0 Å². The zero-order valence-corrected chi connectivity index (χ0v) is 12.6. The van der Waals surface area contributed by atoms with Gasteiger partial charge in [-0.2, -0.15) is 0 Å². The third-order valence-electron chi connectivity index (χ3n) is 3.17. The van der Waals surface area contributed by atoms with Gasteiger partial charge in [0.15, 0.2) is 0 Å². The molecule has 20 heavy (non-hydrogen) atoms. The van der Waals surface area contributed by atoms with E-state index in [9.17, 15) is 0 Å². The number of benzene rings is 1. The Morgan fingerprint density at radius 3 is 2.55 bits per heavy atom. The molecule has 0 bridgehead atoms. The van der Waals surface area contributed by atoms with Gasteiger partial charge in [-0.25, -0.2) is 9.97 Å². The Morgan fingerprint density at radius 2 is 1.95 bits per heavy atom. The molecule has 0 saturated heterocycles. The lowest BCUT2D eigenvalue weighted by Crippen LogP contribution is -2.19. The van der Waals surface area contributed by atoms with Crippen molar-refractivity contribution in [3.63, 3.8) is 0 Å². The van der Waals surface area contributed by atoms with E-state index >= 15 is 0 Å². The molecule has 0 aliphatic carbocycles. The number of anilines is 3. The van der Waals surface area contributed by atoms with Crippen LogP contribution in [0.15, 0.2) is 30.3 Å². The van der Waals surface area contributed by atoms with Crippen LogP contribution in [0.1, 0.15) is 38.1 Å². The summed E-state index contributed by atoms with van der Waals surface area (Å²) in [5, 5.41) is 0. The molecular formula is C16H22N4. The second-order valence-corrected chi connectivity index (χ2v) is 5.25. The minimum absolute atomic E-state index is 0.258. The second-order valence-electron chi connectivity index (χ2n) is 5.25. The molecule has 2 aromatic rings. The quantitative estimate of drug-likeness (QED) is 0.921. The Kier molecular flexibility index (Phi) is 4.23. The molecule has 4 nitrogen and oxygen atoms in total. The van der Waals surface area contributed by atoms with Gasteiger partial charge in [0.2, 0.25) is 0 Å². The standard InChI is InChI=1S/C16H22N4/c1-5-20(13-8-6-7-12(4)9-13)15-10-14(17)18-16(19-15)11(2)3/h6-11H,5H2,1-4H3,(H2,17,18,19). The van der Waals surface area contributed by atoms with Crippen molar-refractivity contribution in [2.75, 3.05) is 17.2 Å². The zero-order valence-electron chi connectivity index (χ0n) is 12.6. The third-order valence-corrected chi connectivity index (χ3v) is 3.17. The smallest absolute Gasteiger partial charge is 0.138 e. The molecule has 0 fully saturated rings. The number of aromatic nitrogens is 2. The van der Waals surface area contributed by atoms with Crippen molar-refractivity contribution < 1.29 is 0 Å². The number of nitrogens with zero attached hydrogens (tertiary/aromatic N) is 3. The van der Waals surface area contributed by atoms with E-state index in [1.165, 1.54) is 5.56 Å². The minimum atomic E-state index is 0.258. The summed E-state index contributed by atoms with van der Waals surface area (Å²) in [4.78, 5) is 11.1. The zero-order chi connectivity index (χ0) is 14.7. The van der Waals surface area contributed by atoms with Gasteiger partial charge < -0.3 is 10.6 Å². The van der Waals surface area contributed by atoms with Gasteiger partial charge in [-0.15, -0.1) is 0 Å². The average molecular weight is 270 g/mol. The maximum atomic E-state index is 5.92. The number of nitrogens with two attached hydrogens (primary N) is 1. The van der Waals surface area contributed by atoms with Crippen LogP contribution in [0.2, 0.25) is 0 Å². The maximum absolute atomic E-state index is 5.92. The lowest BCUT2D eigenvalue weighted by molar-refractivity contribution is 0.771. The first-order valence-electron chi connectivity index (χ1n) is 7.00. The Hall–Kier alpha value is -2.10. The number of rotatable bonds is 4. The summed E-state index contributed by atoms with van der Waals surface area (Å²) in [6.45, 7) is 9.17. The molecule has 0 aliphatic rings. The average Bonchev–Trinajstić information content (AvgIpc) is 2.39. The number of nitrogen functional groups attached to an aromatic ring is 1. The van der Waals surface area contributed by atoms with E-state index in [0.29, 0.717) is 5.82 Å². The largest absolute Gasteiger partial charge is 0.384 e. The first-order valence-corrected chi connectivity index (χ1v) is 7.00. The lowest BCUT2D eigenvalue weighted by atomic mass is 10.2. The molecule has 2 rings (SSSR count). The van der Waals surface area contributed by atoms with Gasteiger partial charge in [-0.05, 0) is 31.5 Å². The maximum Gasteiger partial charge on any atom is 0.138 e. The van der Waals surface area contributed by atoms with Crippen LogP contribution in [0, 0.1) is 6.92 Å². The highest BCUT2D eigenvalue weighted by atomic mass is 15.2. The van der Waals surface area contributed by atoms with E-state index in [1.807, 2.05) is 6.07 Å². The highest BCUT2D eigenvalue weighted by molar-refractivity contribution is 5.62. The van der Waals surface area contributed by atoms with Crippen LogP contribution in [-0.2, 0) is 0 Å². The van der Waals surface area contributed by atoms with Crippen molar-refractivity contribution in [1.29, 1.82) is 0 Å².